The second-order valence-corrected chi connectivity index (χ2v) is 7.92. The van der Waals surface area contributed by atoms with E-state index in [9.17, 15) is 40.5 Å². The third-order valence-electron chi connectivity index (χ3n) is 5.75. The second-order valence-electron chi connectivity index (χ2n) is 7.92. The third kappa shape index (κ3) is 4.06. The van der Waals surface area contributed by atoms with Crippen LogP contribution in [0.25, 0.3) is 0 Å². The number of aliphatic hydroxyl groups is 4. The Morgan fingerprint density at radius 3 is 2.47 bits per heavy atom. The summed E-state index contributed by atoms with van der Waals surface area (Å²) in [5.74, 6) is -2.17. The molecular weight excluding hydrogens is 456 g/mol. The van der Waals surface area contributed by atoms with Crippen molar-refractivity contribution in [1.82, 2.24) is 0 Å². The van der Waals surface area contributed by atoms with Crippen LogP contribution < -0.4 is 14.2 Å². The van der Waals surface area contributed by atoms with Crippen molar-refractivity contribution in [3.05, 3.63) is 35.4 Å². The molecule has 2 aromatic carbocycles. The summed E-state index contributed by atoms with van der Waals surface area (Å²) in [7, 11) is 1.22. The van der Waals surface area contributed by atoms with E-state index >= 15 is 0 Å². The molecule has 0 amide bonds. The standard InChI is InChI=1S/C22H24O12/c1-31-21-11(26)6-14-16(18(21)28)10(25)5-13(32-14)9-4-8(24)2-3-12(9)33-22-20(30)19(29)17(27)15(7-23)34-22/h2-4,6,13,15,17,19-20,22-24,26-30H,5,7H2,1H3/t13-,15+,17+,19-,20+,22+/m0/s1. The van der Waals surface area contributed by atoms with Gasteiger partial charge in [-0.2, -0.15) is 0 Å². The summed E-state index contributed by atoms with van der Waals surface area (Å²) in [6.45, 7) is -0.652. The first-order valence-electron chi connectivity index (χ1n) is 10.3. The van der Waals surface area contributed by atoms with E-state index in [2.05, 4.69) is 0 Å². The molecule has 2 aromatic rings. The molecule has 2 aliphatic rings. The van der Waals surface area contributed by atoms with Crippen molar-refractivity contribution >= 4 is 5.78 Å². The van der Waals surface area contributed by atoms with Gasteiger partial charge in [-0.05, 0) is 18.2 Å². The van der Waals surface area contributed by atoms with Crippen LogP contribution in [0.15, 0.2) is 24.3 Å². The molecule has 0 bridgehead atoms. The van der Waals surface area contributed by atoms with Crippen LogP contribution in [0, 0.1) is 0 Å². The lowest BCUT2D eigenvalue weighted by Gasteiger charge is -2.40. The highest BCUT2D eigenvalue weighted by Gasteiger charge is 2.45. The number of phenols is 3. The minimum Gasteiger partial charge on any atom is -0.508 e. The fourth-order valence-corrected chi connectivity index (χ4v) is 4.00. The monoisotopic (exact) mass is 480 g/mol. The molecule has 0 saturated carbocycles. The van der Waals surface area contributed by atoms with Crippen molar-refractivity contribution in [3.63, 3.8) is 0 Å². The van der Waals surface area contributed by atoms with E-state index in [1.165, 1.54) is 25.3 Å². The van der Waals surface area contributed by atoms with Gasteiger partial charge in [-0.3, -0.25) is 4.79 Å². The lowest BCUT2D eigenvalue weighted by molar-refractivity contribution is -0.277. The zero-order chi connectivity index (χ0) is 24.7. The predicted octanol–water partition coefficient (Wildman–Crippen LogP) is -0.303. The Hall–Kier alpha value is -3.29. The summed E-state index contributed by atoms with van der Waals surface area (Å²) in [5, 5.41) is 70.0. The number of ketones is 1. The first kappa shape index (κ1) is 23.9. The fraction of sp³-hybridized carbons (Fsp3) is 0.409. The molecule has 2 aliphatic heterocycles. The number of carbonyl (C=O) groups excluding carboxylic acids is 1. The second kappa shape index (κ2) is 9.16. The van der Waals surface area contributed by atoms with E-state index in [0.717, 1.165) is 6.07 Å². The summed E-state index contributed by atoms with van der Waals surface area (Å²) in [5.41, 5.74) is -0.0202. The molecule has 0 radical (unpaired) electrons. The largest absolute Gasteiger partial charge is 0.508 e. The van der Waals surface area contributed by atoms with Gasteiger partial charge in [0.05, 0.1) is 20.1 Å². The molecule has 7 N–H and O–H groups in total. The molecule has 0 spiro atoms. The predicted molar refractivity (Wildman–Crippen MR) is 111 cm³/mol. The molecule has 2 heterocycles. The SMILES string of the molecule is COc1c(O)cc2c(c1O)C(=O)C[C@@H](c1cc(O)ccc1O[C@@H]1O[C@H](CO)[C@@H](O)[C@H](O)[C@H]1O)O2. The van der Waals surface area contributed by atoms with Gasteiger partial charge in [0.2, 0.25) is 12.0 Å². The number of phenolic OH excluding ortho intramolecular Hbond substituents is 3. The topological polar surface area (TPSA) is 196 Å². The molecule has 184 valence electrons. The molecule has 0 aromatic heterocycles. The Balaban J connectivity index is 1.67. The molecule has 1 saturated heterocycles. The van der Waals surface area contributed by atoms with Crippen molar-refractivity contribution in [2.24, 2.45) is 0 Å². The van der Waals surface area contributed by atoms with Gasteiger partial charge in [0.1, 0.15) is 53.3 Å². The van der Waals surface area contributed by atoms with E-state index in [-0.39, 0.29) is 40.5 Å². The summed E-state index contributed by atoms with van der Waals surface area (Å²) >= 11 is 0. The zero-order valence-corrected chi connectivity index (χ0v) is 17.9. The highest BCUT2D eigenvalue weighted by molar-refractivity contribution is 6.03. The Labute approximate surface area is 192 Å². The van der Waals surface area contributed by atoms with Crippen LogP contribution in [-0.2, 0) is 4.74 Å². The maximum atomic E-state index is 12.8. The van der Waals surface area contributed by atoms with Crippen LogP contribution in [0.3, 0.4) is 0 Å². The average Bonchev–Trinajstić information content (AvgIpc) is 2.80. The van der Waals surface area contributed by atoms with Crippen molar-refractivity contribution in [1.29, 1.82) is 0 Å². The van der Waals surface area contributed by atoms with E-state index < -0.39 is 60.7 Å². The Kier molecular flexibility index (Phi) is 6.43. The number of rotatable bonds is 5. The fourth-order valence-electron chi connectivity index (χ4n) is 4.00. The Bertz CT molecular complexity index is 1080. The molecule has 34 heavy (non-hydrogen) atoms. The van der Waals surface area contributed by atoms with Crippen LogP contribution in [-0.4, -0.2) is 86.0 Å². The highest BCUT2D eigenvalue weighted by Crippen LogP contribution is 2.49. The minimum absolute atomic E-state index is 0.00494. The number of Topliss-reactive ketones (excluding diaryl/α,β-unsaturated/α-hetero) is 1. The molecule has 12 nitrogen and oxygen atoms in total. The Morgan fingerprint density at radius 1 is 1.06 bits per heavy atom. The highest BCUT2D eigenvalue weighted by atomic mass is 16.7. The normalized spacial score (nSPS) is 28.7. The van der Waals surface area contributed by atoms with Crippen molar-refractivity contribution in [2.75, 3.05) is 13.7 Å². The molecule has 12 heteroatoms. The van der Waals surface area contributed by atoms with E-state index in [1.54, 1.807) is 0 Å². The van der Waals surface area contributed by atoms with Crippen molar-refractivity contribution in [3.8, 4) is 34.5 Å². The van der Waals surface area contributed by atoms with E-state index in [4.69, 9.17) is 18.9 Å². The smallest absolute Gasteiger partial charge is 0.229 e. The summed E-state index contributed by atoms with van der Waals surface area (Å²) < 4.78 is 21.8. The number of hydrogen-bond donors (Lipinski definition) is 7. The Morgan fingerprint density at radius 2 is 1.79 bits per heavy atom. The first-order chi connectivity index (χ1) is 16.2. The number of carbonyl (C=O) groups is 1. The third-order valence-corrected chi connectivity index (χ3v) is 5.75. The molecule has 4 rings (SSSR count). The number of hydrogen-bond acceptors (Lipinski definition) is 12. The lowest BCUT2D eigenvalue weighted by atomic mass is 9.94. The summed E-state index contributed by atoms with van der Waals surface area (Å²) in [6.07, 6.45) is -8.98. The molecule has 0 aliphatic carbocycles. The minimum atomic E-state index is -1.68. The van der Waals surface area contributed by atoms with Gasteiger partial charge in [0, 0.05) is 11.6 Å². The molecule has 6 atom stereocenters. The van der Waals surface area contributed by atoms with Gasteiger partial charge in [0.15, 0.2) is 17.3 Å². The molecule has 1 fully saturated rings. The van der Waals surface area contributed by atoms with Gasteiger partial charge in [-0.1, -0.05) is 0 Å². The van der Waals surface area contributed by atoms with E-state index in [1.807, 2.05) is 0 Å². The number of aliphatic hydroxyl groups excluding tert-OH is 4. The van der Waals surface area contributed by atoms with Crippen LogP contribution >= 0.6 is 0 Å². The van der Waals surface area contributed by atoms with Crippen LogP contribution in [0.4, 0.5) is 0 Å². The number of benzene rings is 2. The maximum absolute atomic E-state index is 12.8. The number of methoxy groups -OCH3 is 1. The average molecular weight is 480 g/mol. The zero-order valence-electron chi connectivity index (χ0n) is 17.9. The summed E-state index contributed by atoms with van der Waals surface area (Å²) in [4.78, 5) is 12.8. The maximum Gasteiger partial charge on any atom is 0.229 e. The van der Waals surface area contributed by atoms with Gasteiger partial charge >= 0.3 is 0 Å². The van der Waals surface area contributed by atoms with Gasteiger partial charge < -0.3 is 54.7 Å². The molecule has 0 unspecified atom stereocenters. The van der Waals surface area contributed by atoms with Gasteiger partial charge in [-0.25, -0.2) is 0 Å². The number of fused-ring (bicyclic) bond motifs is 1. The molecular formula is C22H24O12. The van der Waals surface area contributed by atoms with Crippen LogP contribution in [0.5, 0.6) is 34.5 Å². The van der Waals surface area contributed by atoms with Gasteiger partial charge in [-0.15, -0.1) is 0 Å². The quantitative estimate of drug-likeness (QED) is 0.295. The van der Waals surface area contributed by atoms with E-state index in [0.29, 0.717) is 0 Å². The van der Waals surface area contributed by atoms with Crippen molar-refractivity contribution < 1.29 is 59.5 Å². The van der Waals surface area contributed by atoms with Crippen LogP contribution in [0.2, 0.25) is 0 Å². The number of ether oxygens (including phenoxy) is 4. The first-order valence-corrected chi connectivity index (χ1v) is 10.3. The summed E-state index contributed by atoms with van der Waals surface area (Å²) in [6, 6.07) is 4.95. The number of aromatic hydroxyl groups is 3. The van der Waals surface area contributed by atoms with Crippen molar-refractivity contribution in [2.45, 2.75) is 43.2 Å². The van der Waals surface area contributed by atoms with Gasteiger partial charge in [0.25, 0.3) is 0 Å². The van der Waals surface area contributed by atoms with Crippen LogP contribution in [0.1, 0.15) is 28.4 Å². The lowest BCUT2D eigenvalue weighted by Crippen LogP contribution is -2.60.